The van der Waals surface area contributed by atoms with E-state index in [1.807, 2.05) is 63.2 Å². The molecule has 1 fully saturated rings. The van der Waals surface area contributed by atoms with E-state index in [1.165, 1.54) is 0 Å². The van der Waals surface area contributed by atoms with Gasteiger partial charge in [-0.15, -0.1) is 0 Å². The van der Waals surface area contributed by atoms with E-state index in [0.717, 1.165) is 28.0 Å². The number of aryl methyl sites for hydroxylation is 2. The van der Waals surface area contributed by atoms with Gasteiger partial charge in [-0.1, -0.05) is 17.7 Å². The van der Waals surface area contributed by atoms with Gasteiger partial charge in [0.15, 0.2) is 5.76 Å². The van der Waals surface area contributed by atoms with Gasteiger partial charge in [-0.25, -0.2) is 0 Å². The number of anilines is 1. The Morgan fingerprint density at radius 3 is 2.44 bits per heavy atom. The van der Waals surface area contributed by atoms with E-state index in [1.54, 1.807) is 4.90 Å². The highest BCUT2D eigenvalue weighted by Crippen LogP contribution is 2.30. The van der Waals surface area contributed by atoms with Crippen molar-refractivity contribution < 1.29 is 18.7 Å². The number of amides is 2. The van der Waals surface area contributed by atoms with Crippen LogP contribution in [-0.2, 0) is 4.79 Å². The van der Waals surface area contributed by atoms with Crippen LogP contribution in [0.5, 0.6) is 5.75 Å². The molecule has 1 N–H and O–H groups in total. The summed E-state index contributed by atoms with van der Waals surface area (Å²) in [6, 6.07) is 13.3. The molecule has 2 amide bonds. The van der Waals surface area contributed by atoms with E-state index in [2.05, 4.69) is 10.2 Å². The van der Waals surface area contributed by atoms with E-state index in [9.17, 15) is 9.59 Å². The second kappa shape index (κ2) is 9.44. The molecule has 32 heavy (non-hydrogen) atoms. The second-order valence-electron chi connectivity index (χ2n) is 8.13. The number of furan rings is 1. The lowest BCUT2D eigenvalue weighted by atomic mass is 10.1. The highest BCUT2D eigenvalue weighted by Gasteiger charge is 2.27. The first kappa shape index (κ1) is 21.9. The first-order chi connectivity index (χ1) is 15.4. The summed E-state index contributed by atoms with van der Waals surface area (Å²) in [6.07, 6.45) is 0. The molecule has 0 unspecified atom stereocenters. The summed E-state index contributed by atoms with van der Waals surface area (Å²) >= 11 is 0. The van der Waals surface area contributed by atoms with Crippen LogP contribution in [0, 0.1) is 13.8 Å². The third-order valence-corrected chi connectivity index (χ3v) is 5.77. The van der Waals surface area contributed by atoms with Gasteiger partial charge in [0.25, 0.3) is 5.91 Å². The van der Waals surface area contributed by atoms with E-state index < -0.39 is 0 Å². The van der Waals surface area contributed by atoms with Gasteiger partial charge >= 0.3 is 0 Å². The zero-order valence-electron chi connectivity index (χ0n) is 18.8. The lowest BCUT2D eigenvalue weighted by Gasteiger charge is -2.33. The van der Waals surface area contributed by atoms with Crippen LogP contribution >= 0.6 is 0 Å². The minimum Gasteiger partial charge on any atom is -0.494 e. The average Bonchev–Trinajstić information content (AvgIpc) is 3.11. The van der Waals surface area contributed by atoms with E-state index >= 15 is 0 Å². The Labute approximate surface area is 187 Å². The molecule has 0 aliphatic carbocycles. The molecule has 1 aliphatic rings. The number of benzene rings is 2. The molecule has 168 valence electrons. The van der Waals surface area contributed by atoms with E-state index in [0.29, 0.717) is 50.7 Å². The molecule has 1 aromatic heterocycles. The van der Waals surface area contributed by atoms with Gasteiger partial charge in [-0.3, -0.25) is 14.5 Å². The normalized spacial score (nSPS) is 14.5. The molecule has 0 atom stereocenters. The van der Waals surface area contributed by atoms with E-state index in [-0.39, 0.29) is 11.8 Å². The molecule has 1 aliphatic heterocycles. The summed E-state index contributed by atoms with van der Waals surface area (Å²) < 4.78 is 11.5. The zero-order valence-corrected chi connectivity index (χ0v) is 18.8. The Balaban J connectivity index is 1.34. The van der Waals surface area contributed by atoms with Gasteiger partial charge in [-0.05, 0) is 51.1 Å². The van der Waals surface area contributed by atoms with Crippen LogP contribution < -0.4 is 10.1 Å². The minimum atomic E-state index is -0.111. The van der Waals surface area contributed by atoms with Crippen molar-refractivity contribution in [3.05, 3.63) is 59.4 Å². The summed E-state index contributed by atoms with van der Waals surface area (Å²) in [5, 5.41) is 3.82. The first-order valence-electron chi connectivity index (χ1n) is 11.0. The lowest BCUT2D eigenvalue weighted by molar-refractivity contribution is -0.117. The number of piperazine rings is 1. The molecule has 0 radical (unpaired) electrons. The number of carbonyl (C=O) groups is 2. The number of hydrogen-bond acceptors (Lipinski definition) is 5. The zero-order chi connectivity index (χ0) is 22.7. The Hall–Kier alpha value is -3.32. The third kappa shape index (κ3) is 4.78. The summed E-state index contributed by atoms with van der Waals surface area (Å²) in [4.78, 5) is 29.3. The number of rotatable bonds is 6. The van der Waals surface area contributed by atoms with Crippen LogP contribution in [0.2, 0.25) is 0 Å². The van der Waals surface area contributed by atoms with Crippen LogP contribution in [0.15, 0.2) is 46.9 Å². The van der Waals surface area contributed by atoms with Crippen molar-refractivity contribution in [2.24, 2.45) is 0 Å². The van der Waals surface area contributed by atoms with Crippen LogP contribution in [0.25, 0.3) is 11.0 Å². The van der Waals surface area contributed by atoms with Crippen molar-refractivity contribution in [1.82, 2.24) is 9.80 Å². The quantitative estimate of drug-likeness (QED) is 0.637. The third-order valence-electron chi connectivity index (χ3n) is 5.77. The maximum atomic E-state index is 13.1. The van der Waals surface area contributed by atoms with E-state index in [4.69, 9.17) is 9.15 Å². The fourth-order valence-corrected chi connectivity index (χ4v) is 3.95. The summed E-state index contributed by atoms with van der Waals surface area (Å²) in [5.41, 5.74) is 3.45. The fraction of sp³-hybridized carbons (Fsp3) is 0.360. The van der Waals surface area contributed by atoms with Gasteiger partial charge in [0.05, 0.1) is 13.2 Å². The summed E-state index contributed by atoms with van der Waals surface area (Å²) in [5.74, 6) is 0.979. The number of ether oxygens (including phenoxy) is 1. The lowest BCUT2D eigenvalue weighted by Crippen LogP contribution is -2.50. The standard InChI is InChI=1S/C25H29N3O4/c1-4-31-20-9-10-22-21(15-20)18(3)24(32-22)25(30)28-13-11-27(12-14-28)16-23(29)26-19-7-5-17(2)6-8-19/h5-10,15H,4,11-14,16H2,1-3H3,(H,26,29). The van der Waals surface area contributed by atoms with Gasteiger partial charge in [-0.2, -0.15) is 0 Å². The molecular formula is C25H29N3O4. The predicted octanol–water partition coefficient (Wildman–Crippen LogP) is 3.84. The minimum absolute atomic E-state index is 0.0492. The molecule has 1 saturated heterocycles. The Morgan fingerprint density at radius 1 is 1.03 bits per heavy atom. The van der Waals surface area contributed by atoms with Crippen molar-refractivity contribution in [2.45, 2.75) is 20.8 Å². The Kier molecular flexibility index (Phi) is 6.46. The maximum Gasteiger partial charge on any atom is 0.289 e. The van der Waals surface area contributed by atoms with Gasteiger partial charge < -0.3 is 19.4 Å². The molecule has 7 heteroatoms. The first-order valence-corrected chi connectivity index (χ1v) is 11.0. The van der Waals surface area contributed by atoms with Crippen molar-refractivity contribution >= 4 is 28.5 Å². The smallest absolute Gasteiger partial charge is 0.289 e. The average molecular weight is 436 g/mol. The monoisotopic (exact) mass is 435 g/mol. The van der Waals surface area contributed by atoms with Crippen LogP contribution in [-0.4, -0.2) is 60.9 Å². The fourth-order valence-electron chi connectivity index (χ4n) is 3.95. The number of nitrogens with zero attached hydrogens (tertiary/aromatic N) is 2. The van der Waals surface area contributed by atoms with Crippen LogP contribution in [0.4, 0.5) is 5.69 Å². The van der Waals surface area contributed by atoms with Gasteiger partial charge in [0, 0.05) is 42.8 Å². The molecule has 2 heterocycles. The van der Waals surface area contributed by atoms with Gasteiger partial charge in [0.1, 0.15) is 11.3 Å². The molecule has 0 saturated carbocycles. The van der Waals surface area contributed by atoms with Crippen molar-refractivity contribution in [1.29, 1.82) is 0 Å². The van der Waals surface area contributed by atoms with Crippen molar-refractivity contribution in [3.63, 3.8) is 0 Å². The highest BCUT2D eigenvalue weighted by molar-refractivity contribution is 5.99. The SMILES string of the molecule is CCOc1ccc2oc(C(=O)N3CCN(CC(=O)Nc4ccc(C)cc4)CC3)c(C)c2c1. The highest BCUT2D eigenvalue weighted by atomic mass is 16.5. The van der Waals surface area contributed by atoms with Gasteiger partial charge in [0.2, 0.25) is 5.91 Å². The summed E-state index contributed by atoms with van der Waals surface area (Å²) in [6.45, 7) is 9.13. The second-order valence-corrected chi connectivity index (χ2v) is 8.13. The number of nitrogens with one attached hydrogen (secondary N) is 1. The van der Waals surface area contributed by atoms with Crippen LogP contribution in [0.1, 0.15) is 28.6 Å². The molecule has 2 aromatic carbocycles. The largest absolute Gasteiger partial charge is 0.494 e. The molecule has 0 bridgehead atoms. The molecular weight excluding hydrogens is 406 g/mol. The number of fused-ring (bicyclic) bond motifs is 1. The number of carbonyl (C=O) groups excluding carboxylic acids is 2. The molecule has 3 aromatic rings. The van der Waals surface area contributed by atoms with Crippen molar-refractivity contribution in [2.75, 3.05) is 44.6 Å². The molecule has 0 spiro atoms. The molecule has 4 rings (SSSR count). The van der Waals surface area contributed by atoms with Crippen LogP contribution in [0.3, 0.4) is 0 Å². The Bertz CT molecular complexity index is 1110. The number of hydrogen-bond donors (Lipinski definition) is 1. The Morgan fingerprint density at radius 2 is 1.75 bits per heavy atom. The molecule has 7 nitrogen and oxygen atoms in total. The predicted molar refractivity (Wildman–Crippen MR) is 124 cm³/mol. The van der Waals surface area contributed by atoms with Crippen molar-refractivity contribution in [3.8, 4) is 5.75 Å². The topological polar surface area (TPSA) is 75.0 Å². The maximum absolute atomic E-state index is 13.1. The summed E-state index contributed by atoms with van der Waals surface area (Å²) in [7, 11) is 0.